The van der Waals surface area contributed by atoms with Gasteiger partial charge in [-0.15, -0.1) is 0 Å². The Morgan fingerprint density at radius 2 is 1.81 bits per heavy atom. The van der Waals surface area contributed by atoms with Gasteiger partial charge in [-0.2, -0.15) is 0 Å². The van der Waals surface area contributed by atoms with E-state index in [1.54, 1.807) is 19.2 Å². The molecule has 140 valence electrons. The number of fused-ring (bicyclic) bond motifs is 1. The van der Waals surface area contributed by atoms with Crippen molar-refractivity contribution >= 4 is 34.5 Å². The number of carbonyl (C=O) groups is 2. The summed E-state index contributed by atoms with van der Waals surface area (Å²) in [7, 11) is 3.05. The highest BCUT2D eigenvalue weighted by atomic mass is 35.5. The molecule has 0 aliphatic rings. The Bertz CT molecular complexity index is 1160. The molecule has 0 saturated carbocycles. The van der Waals surface area contributed by atoms with Crippen LogP contribution in [0.5, 0.6) is 0 Å². The first-order valence-corrected chi connectivity index (χ1v) is 8.22. The molecule has 0 amide bonds. The number of ketones is 1. The van der Waals surface area contributed by atoms with E-state index in [4.69, 9.17) is 16.3 Å². The molecule has 10 heteroatoms. The van der Waals surface area contributed by atoms with Crippen LogP contribution in [0.25, 0.3) is 11.2 Å². The van der Waals surface area contributed by atoms with Crippen molar-refractivity contribution in [2.75, 3.05) is 6.61 Å². The number of ether oxygens (including phenoxy) is 1. The highest BCUT2D eigenvalue weighted by Gasteiger charge is 2.18. The topological polar surface area (TPSA) is 105 Å². The molecule has 3 rings (SSSR count). The average Bonchev–Trinajstić information content (AvgIpc) is 3.04. The van der Waals surface area contributed by atoms with Crippen molar-refractivity contribution in [3.63, 3.8) is 0 Å². The molecule has 27 heavy (non-hydrogen) atoms. The van der Waals surface area contributed by atoms with E-state index in [1.807, 2.05) is 0 Å². The van der Waals surface area contributed by atoms with E-state index in [0.29, 0.717) is 10.6 Å². The Labute approximate surface area is 157 Å². The van der Waals surface area contributed by atoms with E-state index in [9.17, 15) is 19.2 Å². The van der Waals surface area contributed by atoms with Crippen molar-refractivity contribution in [2.45, 2.75) is 6.54 Å². The summed E-state index contributed by atoms with van der Waals surface area (Å²) < 4.78 is 8.29. The quantitative estimate of drug-likeness (QED) is 0.464. The predicted molar refractivity (Wildman–Crippen MR) is 97.0 cm³/mol. The molecule has 0 spiro atoms. The molecule has 0 fully saturated rings. The van der Waals surface area contributed by atoms with Crippen molar-refractivity contribution in [3.8, 4) is 0 Å². The fourth-order valence-electron chi connectivity index (χ4n) is 2.58. The number of halogens is 1. The van der Waals surface area contributed by atoms with Crippen LogP contribution < -0.4 is 11.2 Å². The van der Waals surface area contributed by atoms with E-state index in [2.05, 4.69) is 4.98 Å². The van der Waals surface area contributed by atoms with Crippen LogP contribution in [0.2, 0.25) is 5.02 Å². The number of nitrogens with zero attached hydrogens (tertiary/aromatic N) is 4. The first-order chi connectivity index (χ1) is 12.8. The van der Waals surface area contributed by atoms with Gasteiger partial charge in [0, 0.05) is 24.7 Å². The number of esters is 1. The van der Waals surface area contributed by atoms with Crippen LogP contribution in [-0.2, 0) is 30.2 Å². The molecule has 2 heterocycles. The van der Waals surface area contributed by atoms with Gasteiger partial charge in [-0.1, -0.05) is 11.6 Å². The number of carbonyl (C=O) groups excluding carboxylic acids is 2. The van der Waals surface area contributed by atoms with Crippen LogP contribution in [0.1, 0.15) is 10.4 Å². The largest absolute Gasteiger partial charge is 0.456 e. The van der Waals surface area contributed by atoms with Crippen molar-refractivity contribution in [1.82, 2.24) is 18.7 Å². The van der Waals surface area contributed by atoms with Crippen LogP contribution in [-0.4, -0.2) is 37.0 Å². The van der Waals surface area contributed by atoms with Gasteiger partial charge in [-0.05, 0) is 24.3 Å². The van der Waals surface area contributed by atoms with Gasteiger partial charge in [0.1, 0.15) is 6.54 Å². The van der Waals surface area contributed by atoms with Crippen LogP contribution in [0.4, 0.5) is 0 Å². The average molecular weight is 391 g/mol. The highest BCUT2D eigenvalue weighted by molar-refractivity contribution is 6.30. The van der Waals surface area contributed by atoms with E-state index >= 15 is 0 Å². The molecule has 0 radical (unpaired) electrons. The number of aromatic nitrogens is 4. The number of rotatable bonds is 5. The van der Waals surface area contributed by atoms with Crippen LogP contribution in [0, 0.1) is 0 Å². The van der Waals surface area contributed by atoms with Gasteiger partial charge in [0.25, 0.3) is 5.56 Å². The summed E-state index contributed by atoms with van der Waals surface area (Å²) in [6, 6.07) is 6.11. The molecule has 1 aromatic carbocycles. The molecule has 9 nitrogen and oxygen atoms in total. The van der Waals surface area contributed by atoms with Gasteiger partial charge in [-0.3, -0.25) is 19.0 Å². The lowest BCUT2D eigenvalue weighted by atomic mass is 10.1. The van der Waals surface area contributed by atoms with Crippen molar-refractivity contribution in [2.24, 2.45) is 14.1 Å². The fraction of sp³-hybridized carbons (Fsp3) is 0.235. The van der Waals surface area contributed by atoms with Gasteiger partial charge >= 0.3 is 11.7 Å². The van der Waals surface area contributed by atoms with E-state index in [-0.39, 0.29) is 11.2 Å². The molecule has 0 unspecified atom stereocenters. The molecule has 0 atom stereocenters. The minimum atomic E-state index is -0.877. The third-order valence-corrected chi connectivity index (χ3v) is 4.27. The fourth-order valence-corrected chi connectivity index (χ4v) is 2.70. The predicted octanol–water partition coefficient (Wildman–Crippen LogP) is 0.513. The first-order valence-electron chi connectivity index (χ1n) is 7.85. The number of imidazole rings is 1. The van der Waals surface area contributed by atoms with Crippen LogP contribution in [0.3, 0.4) is 0 Å². The molecule has 0 bridgehead atoms. The summed E-state index contributed by atoms with van der Waals surface area (Å²) >= 11 is 5.75. The van der Waals surface area contributed by atoms with Gasteiger partial charge < -0.3 is 9.30 Å². The van der Waals surface area contributed by atoms with Gasteiger partial charge in [0.2, 0.25) is 0 Å². The summed E-state index contributed by atoms with van der Waals surface area (Å²) in [5.41, 5.74) is -0.630. The van der Waals surface area contributed by atoms with E-state index in [1.165, 1.54) is 34.6 Å². The number of hydrogen-bond acceptors (Lipinski definition) is 6. The zero-order valence-corrected chi connectivity index (χ0v) is 15.3. The lowest BCUT2D eigenvalue weighted by Gasteiger charge is -2.09. The Kier molecular flexibility index (Phi) is 4.95. The molecule has 0 aliphatic heterocycles. The lowest BCUT2D eigenvalue weighted by molar-refractivity contribution is -0.143. The van der Waals surface area contributed by atoms with E-state index < -0.39 is 36.2 Å². The maximum absolute atomic E-state index is 12.5. The third kappa shape index (κ3) is 3.54. The maximum atomic E-state index is 12.5. The minimum Gasteiger partial charge on any atom is -0.456 e. The van der Waals surface area contributed by atoms with Gasteiger partial charge in [0.05, 0.1) is 6.33 Å². The molecule has 0 saturated heterocycles. The zero-order valence-electron chi connectivity index (χ0n) is 14.5. The summed E-state index contributed by atoms with van der Waals surface area (Å²) in [6.07, 6.45) is 1.40. The normalized spacial score (nSPS) is 10.9. The smallest absolute Gasteiger partial charge is 0.333 e. The minimum absolute atomic E-state index is 0.183. The van der Waals surface area contributed by atoms with Crippen molar-refractivity contribution in [3.05, 3.63) is 62.0 Å². The monoisotopic (exact) mass is 390 g/mol. The van der Waals surface area contributed by atoms with E-state index in [0.717, 1.165) is 4.57 Å². The second kappa shape index (κ2) is 7.20. The van der Waals surface area contributed by atoms with Gasteiger partial charge in [0.15, 0.2) is 23.6 Å². The molecule has 0 N–H and O–H groups in total. The molecular formula is C17H15ClN4O5. The van der Waals surface area contributed by atoms with Crippen molar-refractivity contribution < 1.29 is 14.3 Å². The second-order valence-electron chi connectivity index (χ2n) is 5.85. The van der Waals surface area contributed by atoms with Crippen LogP contribution in [0.15, 0.2) is 40.2 Å². The zero-order chi connectivity index (χ0) is 19.7. The number of hydrogen-bond donors (Lipinski definition) is 0. The van der Waals surface area contributed by atoms with Crippen molar-refractivity contribution in [1.29, 1.82) is 0 Å². The number of Topliss-reactive ketones (excluding diaryl/α,β-unsaturated/α-hetero) is 1. The summed E-state index contributed by atoms with van der Waals surface area (Å²) in [5.74, 6) is -1.31. The van der Waals surface area contributed by atoms with Crippen LogP contribution >= 0.6 is 11.6 Å². The number of benzene rings is 1. The van der Waals surface area contributed by atoms with Gasteiger partial charge in [-0.25, -0.2) is 14.3 Å². The molecule has 2 aromatic heterocycles. The Balaban J connectivity index is 1.77. The Hall–Kier alpha value is -3.20. The molecule has 0 aliphatic carbocycles. The highest BCUT2D eigenvalue weighted by Crippen LogP contribution is 2.10. The summed E-state index contributed by atoms with van der Waals surface area (Å²) in [4.78, 5) is 52.9. The second-order valence-corrected chi connectivity index (χ2v) is 6.29. The molecular weight excluding hydrogens is 376 g/mol. The standard InChI is InChI=1S/C17H15ClN4O5/c1-20-9-19-15-14(20)16(25)22(17(26)21(15)2)7-13(24)27-8-12(23)10-3-5-11(18)6-4-10/h3-6,9H,7-8H2,1-2H3. The Morgan fingerprint density at radius 1 is 1.15 bits per heavy atom. The molecule has 3 aromatic rings. The third-order valence-electron chi connectivity index (χ3n) is 4.02. The Morgan fingerprint density at radius 3 is 2.48 bits per heavy atom. The summed E-state index contributed by atoms with van der Waals surface area (Å²) in [5, 5.41) is 0.476. The SMILES string of the molecule is Cn1cnc2c1c(=O)n(CC(=O)OCC(=O)c1ccc(Cl)cc1)c(=O)n2C. The lowest BCUT2D eigenvalue weighted by Crippen LogP contribution is -2.41. The first kappa shape index (κ1) is 18.6. The summed E-state index contributed by atoms with van der Waals surface area (Å²) in [6.45, 7) is -1.12. The number of aryl methyl sites for hydroxylation is 2. The maximum Gasteiger partial charge on any atom is 0.333 e.